The molecule has 2 heterocycles. The number of carbonyl (C=O) groups is 1. The van der Waals surface area contributed by atoms with Crippen LogP contribution in [0, 0.1) is 12.3 Å². The van der Waals surface area contributed by atoms with Gasteiger partial charge in [-0.3, -0.25) is 9.89 Å². The van der Waals surface area contributed by atoms with Crippen LogP contribution >= 0.6 is 0 Å². The molecule has 1 fully saturated rings. The molecule has 1 saturated heterocycles. The maximum Gasteiger partial charge on any atom is 0.242 e. The molecular formula is C17H23N5O. The number of anilines is 1. The molecule has 2 aromatic rings. The van der Waals surface area contributed by atoms with Gasteiger partial charge in [0.15, 0.2) is 5.82 Å². The quantitative estimate of drug-likeness (QED) is 0.813. The molecule has 1 amide bonds. The van der Waals surface area contributed by atoms with E-state index in [4.69, 9.17) is 0 Å². The van der Waals surface area contributed by atoms with Crippen molar-refractivity contribution in [3.63, 3.8) is 0 Å². The summed E-state index contributed by atoms with van der Waals surface area (Å²) in [5.41, 5.74) is 1.60. The van der Waals surface area contributed by atoms with Crippen LogP contribution in [-0.2, 0) is 4.79 Å². The molecule has 0 radical (unpaired) electrons. The van der Waals surface area contributed by atoms with Gasteiger partial charge >= 0.3 is 0 Å². The zero-order valence-electron chi connectivity index (χ0n) is 13.8. The second-order valence-corrected chi connectivity index (χ2v) is 6.79. The van der Waals surface area contributed by atoms with Gasteiger partial charge in [-0.2, -0.15) is 5.10 Å². The van der Waals surface area contributed by atoms with E-state index in [0.29, 0.717) is 5.82 Å². The fourth-order valence-corrected chi connectivity index (χ4v) is 3.08. The van der Waals surface area contributed by atoms with Crippen LogP contribution in [0.1, 0.15) is 32.5 Å². The number of carbonyl (C=O) groups excluding carboxylic acids is 1. The molecule has 3 rings (SSSR count). The van der Waals surface area contributed by atoms with Crippen LogP contribution in [0.3, 0.4) is 0 Å². The molecule has 0 aliphatic carbocycles. The fraction of sp³-hybridized carbons (Fsp3) is 0.471. The molecule has 1 aromatic carbocycles. The van der Waals surface area contributed by atoms with E-state index < -0.39 is 0 Å². The highest BCUT2D eigenvalue weighted by molar-refractivity contribution is 5.96. The van der Waals surface area contributed by atoms with Crippen molar-refractivity contribution in [2.75, 3.05) is 11.9 Å². The molecule has 1 aliphatic rings. The van der Waals surface area contributed by atoms with Gasteiger partial charge in [-0.05, 0) is 43.9 Å². The summed E-state index contributed by atoms with van der Waals surface area (Å²) in [4.78, 5) is 16.9. The van der Waals surface area contributed by atoms with Crippen molar-refractivity contribution in [2.24, 2.45) is 5.41 Å². The molecule has 23 heavy (non-hydrogen) atoms. The van der Waals surface area contributed by atoms with Crippen molar-refractivity contribution in [2.45, 2.75) is 39.7 Å². The monoisotopic (exact) mass is 313 g/mol. The Labute approximate surface area is 136 Å². The van der Waals surface area contributed by atoms with E-state index in [1.165, 1.54) is 0 Å². The Morgan fingerprint density at radius 2 is 2.22 bits per heavy atom. The summed E-state index contributed by atoms with van der Waals surface area (Å²) < 4.78 is 0. The van der Waals surface area contributed by atoms with Gasteiger partial charge in [0.25, 0.3) is 0 Å². The fourth-order valence-electron chi connectivity index (χ4n) is 3.08. The highest BCUT2D eigenvalue weighted by Crippen LogP contribution is 2.31. The standard InChI is InChI=1S/C17H23N5O/c1-11-19-15(22-21-11)12-6-4-7-13(10-12)20-16(23)14-17(2,3)8-5-9-18-14/h4,6-7,10,14,18H,5,8-9H2,1-3H3,(H,20,23)(H,19,21,22). The Hall–Kier alpha value is -2.21. The number of nitrogens with zero attached hydrogens (tertiary/aromatic N) is 2. The van der Waals surface area contributed by atoms with Gasteiger partial charge in [-0.25, -0.2) is 4.98 Å². The minimum Gasteiger partial charge on any atom is -0.325 e. The van der Waals surface area contributed by atoms with Gasteiger partial charge in [0.1, 0.15) is 5.82 Å². The first-order valence-corrected chi connectivity index (χ1v) is 7.99. The summed E-state index contributed by atoms with van der Waals surface area (Å²) >= 11 is 0. The summed E-state index contributed by atoms with van der Waals surface area (Å²) in [5, 5.41) is 13.3. The Kier molecular flexibility index (Phi) is 4.17. The molecule has 1 aliphatic heterocycles. The topological polar surface area (TPSA) is 82.7 Å². The van der Waals surface area contributed by atoms with Crippen LogP contribution < -0.4 is 10.6 Å². The molecule has 122 valence electrons. The normalized spacial score (nSPS) is 20.2. The number of rotatable bonds is 3. The average Bonchev–Trinajstić information content (AvgIpc) is 2.93. The van der Waals surface area contributed by atoms with Crippen LogP contribution in [0.5, 0.6) is 0 Å². The number of aryl methyl sites for hydroxylation is 1. The Balaban J connectivity index is 1.76. The largest absolute Gasteiger partial charge is 0.325 e. The summed E-state index contributed by atoms with van der Waals surface area (Å²) in [6, 6.07) is 7.44. The third kappa shape index (κ3) is 3.42. The Morgan fingerprint density at radius 1 is 1.39 bits per heavy atom. The van der Waals surface area contributed by atoms with Crippen LogP contribution in [0.25, 0.3) is 11.4 Å². The van der Waals surface area contributed by atoms with Gasteiger partial charge < -0.3 is 10.6 Å². The van der Waals surface area contributed by atoms with Crippen molar-refractivity contribution in [1.82, 2.24) is 20.5 Å². The van der Waals surface area contributed by atoms with Crippen LogP contribution in [0.15, 0.2) is 24.3 Å². The molecule has 0 bridgehead atoms. The number of piperidine rings is 1. The van der Waals surface area contributed by atoms with E-state index in [0.717, 1.165) is 36.5 Å². The van der Waals surface area contributed by atoms with Gasteiger partial charge in [0, 0.05) is 11.3 Å². The minimum absolute atomic E-state index is 0.0121. The molecule has 1 unspecified atom stereocenters. The third-order valence-corrected chi connectivity index (χ3v) is 4.38. The molecule has 1 aromatic heterocycles. The number of amides is 1. The van der Waals surface area contributed by atoms with Crippen LogP contribution in [0.4, 0.5) is 5.69 Å². The second-order valence-electron chi connectivity index (χ2n) is 6.79. The zero-order chi connectivity index (χ0) is 16.4. The molecular weight excluding hydrogens is 290 g/mol. The number of aromatic amines is 1. The van der Waals surface area contributed by atoms with Crippen molar-refractivity contribution in [1.29, 1.82) is 0 Å². The van der Waals surface area contributed by atoms with E-state index in [-0.39, 0.29) is 17.4 Å². The van der Waals surface area contributed by atoms with Crippen LogP contribution in [-0.4, -0.2) is 33.7 Å². The maximum absolute atomic E-state index is 12.6. The Morgan fingerprint density at radius 3 is 2.91 bits per heavy atom. The van der Waals surface area contributed by atoms with Crippen molar-refractivity contribution < 1.29 is 4.79 Å². The summed E-state index contributed by atoms with van der Waals surface area (Å²) in [5.74, 6) is 1.41. The number of hydrogen-bond donors (Lipinski definition) is 3. The highest BCUT2D eigenvalue weighted by atomic mass is 16.2. The Bertz CT molecular complexity index is 707. The lowest BCUT2D eigenvalue weighted by Crippen LogP contribution is -2.53. The first-order valence-electron chi connectivity index (χ1n) is 7.99. The first-order chi connectivity index (χ1) is 11.0. The average molecular weight is 313 g/mol. The van der Waals surface area contributed by atoms with E-state index in [1.807, 2.05) is 31.2 Å². The van der Waals surface area contributed by atoms with Crippen molar-refractivity contribution in [3.05, 3.63) is 30.1 Å². The van der Waals surface area contributed by atoms with Crippen molar-refractivity contribution >= 4 is 11.6 Å². The molecule has 0 saturated carbocycles. The molecule has 6 nitrogen and oxygen atoms in total. The van der Waals surface area contributed by atoms with Gasteiger partial charge in [-0.15, -0.1) is 0 Å². The van der Waals surface area contributed by atoms with Gasteiger partial charge in [-0.1, -0.05) is 26.0 Å². The number of H-pyrrole nitrogens is 1. The lowest BCUT2D eigenvalue weighted by molar-refractivity contribution is -0.121. The molecule has 1 atom stereocenters. The van der Waals surface area contributed by atoms with Gasteiger partial charge in [0.05, 0.1) is 6.04 Å². The summed E-state index contributed by atoms with van der Waals surface area (Å²) in [6.07, 6.45) is 2.16. The lowest BCUT2D eigenvalue weighted by atomic mass is 9.77. The van der Waals surface area contributed by atoms with Crippen LogP contribution in [0.2, 0.25) is 0 Å². The first kappa shape index (κ1) is 15.7. The maximum atomic E-state index is 12.6. The number of benzene rings is 1. The summed E-state index contributed by atoms with van der Waals surface area (Å²) in [7, 11) is 0. The smallest absolute Gasteiger partial charge is 0.242 e. The second kappa shape index (κ2) is 6.12. The predicted octanol–water partition coefficient (Wildman–Crippen LogP) is 2.50. The van der Waals surface area contributed by atoms with E-state index in [9.17, 15) is 4.79 Å². The number of hydrogen-bond acceptors (Lipinski definition) is 4. The molecule has 3 N–H and O–H groups in total. The van der Waals surface area contributed by atoms with E-state index in [1.54, 1.807) is 0 Å². The molecule has 0 spiro atoms. The zero-order valence-corrected chi connectivity index (χ0v) is 13.8. The van der Waals surface area contributed by atoms with Crippen molar-refractivity contribution in [3.8, 4) is 11.4 Å². The van der Waals surface area contributed by atoms with E-state index in [2.05, 4.69) is 39.7 Å². The molecule has 6 heteroatoms. The lowest BCUT2D eigenvalue weighted by Gasteiger charge is -2.38. The number of nitrogens with one attached hydrogen (secondary N) is 3. The predicted molar refractivity (Wildman–Crippen MR) is 90.0 cm³/mol. The van der Waals surface area contributed by atoms with Gasteiger partial charge in [0.2, 0.25) is 5.91 Å². The SMILES string of the molecule is Cc1nc(-c2cccc(NC(=O)C3NCCCC3(C)C)c2)n[nH]1. The number of aromatic nitrogens is 3. The van der Waals surface area contributed by atoms with E-state index >= 15 is 0 Å². The minimum atomic E-state index is -0.175. The summed E-state index contributed by atoms with van der Waals surface area (Å²) in [6.45, 7) is 7.02. The third-order valence-electron chi connectivity index (χ3n) is 4.38. The highest BCUT2D eigenvalue weighted by Gasteiger charge is 2.37.